The molecule has 1 amide bonds. The lowest BCUT2D eigenvalue weighted by atomic mass is 10.2. The highest BCUT2D eigenvalue weighted by Gasteiger charge is 2.10. The van der Waals surface area contributed by atoms with Gasteiger partial charge in [-0.2, -0.15) is 0 Å². The number of nitro groups is 1. The largest absolute Gasteiger partial charge is 0.484 e. The minimum absolute atomic E-state index is 0.0615. The Hall–Kier alpha value is -4.53. The Morgan fingerprint density at radius 2 is 1.74 bits per heavy atom. The van der Waals surface area contributed by atoms with E-state index in [1.165, 1.54) is 24.3 Å². The number of ether oxygens (including phenoxy) is 1. The van der Waals surface area contributed by atoms with Crippen molar-refractivity contribution >= 4 is 28.2 Å². The molecule has 4 rings (SSSR count). The first-order chi connectivity index (χ1) is 15.0. The number of aromatic nitrogens is 1. The van der Waals surface area contributed by atoms with Crippen molar-refractivity contribution in [3.05, 3.63) is 93.3 Å². The van der Waals surface area contributed by atoms with Crippen molar-refractivity contribution in [1.82, 2.24) is 4.98 Å². The quantitative estimate of drug-likeness (QED) is 0.374. The molecule has 0 bridgehead atoms. The number of hydrogen-bond acceptors (Lipinski definition) is 7. The van der Waals surface area contributed by atoms with Crippen molar-refractivity contribution in [3.63, 3.8) is 0 Å². The Morgan fingerprint density at radius 1 is 1.03 bits per heavy atom. The molecule has 0 fully saturated rings. The van der Waals surface area contributed by atoms with Crippen LogP contribution in [0.3, 0.4) is 0 Å². The van der Waals surface area contributed by atoms with Crippen LogP contribution in [0, 0.1) is 10.1 Å². The molecular formula is C22H15N3O6. The van der Waals surface area contributed by atoms with E-state index >= 15 is 0 Å². The van der Waals surface area contributed by atoms with E-state index in [0.29, 0.717) is 27.9 Å². The van der Waals surface area contributed by atoms with Crippen LogP contribution >= 0.6 is 0 Å². The second-order valence-electron chi connectivity index (χ2n) is 6.49. The van der Waals surface area contributed by atoms with Crippen LogP contribution in [0.2, 0.25) is 0 Å². The number of carbonyl (C=O) groups is 1. The third kappa shape index (κ3) is 4.56. The van der Waals surface area contributed by atoms with Crippen LogP contribution in [0.1, 0.15) is 0 Å². The summed E-state index contributed by atoms with van der Waals surface area (Å²) in [5, 5.41) is 13.7. The zero-order valence-corrected chi connectivity index (χ0v) is 16.0. The van der Waals surface area contributed by atoms with Gasteiger partial charge in [-0.1, -0.05) is 12.1 Å². The van der Waals surface area contributed by atoms with Gasteiger partial charge in [-0.3, -0.25) is 14.9 Å². The number of nitrogens with one attached hydrogen (secondary N) is 1. The minimum Gasteiger partial charge on any atom is -0.484 e. The molecule has 0 aliphatic rings. The average molecular weight is 417 g/mol. The highest BCUT2D eigenvalue weighted by molar-refractivity contribution is 5.92. The monoisotopic (exact) mass is 417 g/mol. The van der Waals surface area contributed by atoms with Crippen molar-refractivity contribution in [2.75, 3.05) is 11.9 Å². The van der Waals surface area contributed by atoms with Gasteiger partial charge < -0.3 is 14.5 Å². The molecule has 0 radical (unpaired) electrons. The van der Waals surface area contributed by atoms with Gasteiger partial charge in [0, 0.05) is 23.4 Å². The van der Waals surface area contributed by atoms with Crippen LogP contribution in [0.5, 0.6) is 5.75 Å². The Labute approximate surface area is 175 Å². The Balaban J connectivity index is 1.40. The van der Waals surface area contributed by atoms with Crippen molar-refractivity contribution in [3.8, 4) is 17.2 Å². The molecular weight excluding hydrogens is 402 g/mol. The SMILES string of the molecule is O=C(COc1ccc([N+](=O)[O-])cc1)Nc1ccc(-c2nc3ccccc3c(=O)o2)cc1. The maximum atomic E-state index is 12.1. The van der Waals surface area contributed by atoms with E-state index in [1.54, 1.807) is 48.5 Å². The number of fused-ring (bicyclic) bond motifs is 1. The summed E-state index contributed by atoms with van der Waals surface area (Å²) in [7, 11) is 0. The maximum Gasteiger partial charge on any atom is 0.347 e. The third-order valence-electron chi connectivity index (χ3n) is 4.37. The molecule has 0 saturated carbocycles. The summed E-state index contributed by atoms with van der Waals surface area (Å²) in [5.41, 5.74) is 1.11. The molecule has 3 aromatic carbocycles. The fourth-order valence-electron chi connectivity index (χ4n) is 2.85. The van der Waals surface area contributed by atoms with Gasteiger partial charge >= 0.3 is 5.63 Å². The average Bonchev–Trinajstić information content (AvgIpc) is 2.78. The number of anilines is 1. The van der Waals surface area contributed by atoms with Crippen LogP contribution in [0.25, 0.3) is 22.4 Å². The fraction of sp³-hybridized carbons (Fsp3) is 0.0455. The standard InChI is InChI=1S/C22H15N3O6/c26-20(13-30-17-11-9-16(10-12-17)25(28)29)23-15-7-5-14(6-8-15)21-24-19-4-2-1-3-18(19)22(27)31-21/h1-12H,13H2,(H,23,26). The molecule has 0 aliphatic carbocycles. The number of carbonyl (C=O) groups excluding carboxylic acids is 1. The third-order valence-corrected chi connectivity index (χ3v) is 4.37. The van der Waals surface area contributed by atoms with Gasteiger partial charge in [0.1, 0.15) is 5.75 Å². The first-order valence-corrected chi connectivity index (χ1v) is 9.17. The Morgan fingerprint density at radius 3 is 2.45 bits per heavy atom. The zero-order valence-electron chi connectivity index (χ0n) is 16.0. The van der Waals surface area contributed by atoms with Crippen LogP contribution in [0.4, 0.5) is 11.4 Å². The molecule has 9 nitrogen and oxygen atoms in total. The van der Waals surface area contributed by atoms with Crippen molar-refractivity contribution in [2.45, 2.75) is 0 Å². The van der Waals surface area contributed by atoms with E-state index in [-0.39, 0.29) is 18.2 Å². The molecule has 0 atom stereocenters. The van der Waals surface area contributed by atoms with Gasteiger partial charge in [-0.05, 0) is 48.5 Å². The van der Waals surface area contributed by atoms with Crippen LogP contribution in [-0.4, -0.2) is 22.4 Å². The Bertz CT molecular complexity index is 1310. The summed E-state index contributed by atoms with van der Waals surface area (Å²) >= 11 is 0. The number of nitro benzene ring substituents is 1. The van der Waals surface area contributed by atoms with Crippen LogP contribution in [-0.2, 0) is 4.79 Å². The minimum atomic E-state index is -0.515. The van der Waals surface area contributed by atoms with E-state index in [4.69, 9.17) is 9.15 Å². The summed E-state index contributed by atoms with van der Waals surface area (Å²) < 4.78 is 10.6. The molecule has 0 unspecified atom stereocenters. The van der Waals surface area contributed by atoms with E-state index < -0.39 is 16.5 Å². The van der Waals surface area contributed by atoms with Gasteiger partial charge in [-0.15, -0.1) is 0 Å². The topological polar surface area (TPSA) is 125 Å². The zero-order chi connectivity index (χ0) is 21.8. The molecule has 1 heterocycles. The number of amides is 1. The lowest BCUT2D eigenvalue weighted by molar-refractivity contribution is -0.384. The van der Waals surface area contributed by atoms with Gasteiger partial charge in [0.15, 0.2) is 6.61 Å². The van der Waals surface area contributed by atoms with Gasteiger partial charge in [0.2, 0.25) is 5.89 Å². The predicted octanol–water partition coefficient (Wildman–Crippen LogP) is 3.78. The molecule has 9 heteroatoms. The number of hydrogen-bond donors (Lipinski definition) is 1. The summed E-state index contributed by atoms with van der Waals surface area (Å²) in [6.45, 7) is -0.263. The molecule has 1 N–H and O–H groups in total. The second kappa shape index (κ2) is 8.46. The number of non-ortho nitro benzene ring substituents is 1. The lowest BCUT2D eigenvalue weighted by Gasteiger charge is -2.08. The number of nitrogens with zero attached hydrogens (tertiary/aromatic N) is 2. The number of benzene rings is 3. The smallest absolute Gasteiger partial charge is 0.347 e. The molecule has 0 saturated heterocycles. The van der Waals surface area contributed by atoms with Gasteiger partial charge in [0.25, 0.3) is 11.6 Å². The number of rotatable bonds is 6. The fourth-order valence-corrected chi connectivity index (χ4v) is 2.85. The second-order valence-corrected chi connectivity index (χ2v) is 6.49. The molecule has 0 aliphatic heterocycles. The lowest BCUT2D eigenvalue weighted by Crippen LogP contribution is -2.20. The highest BCUT2D eigenvalue weighted by Crippen LogP contribution is 2.21. The normalized spacial score (nSPS) is 10.6. The molecule has 31 heavy (non-hydrogen) atoms. The summed E-state index contributed by atoms with van der Waals surface area (Å²) in [4.78, 5) is 38.7. The van der Waals surface area contributed by atoms with E-state index in [9.17, 15) is 19.7 Å². The molecule has 1 aromatic heterocycles. The summed E-state index contributed by atoms with van der Waals surface area (Å²) in [5.74, 6) is 0.123. The first-order valence-electron chi connectivity index (χ1n) is 9.17. The van der Waals surface area contributed by atoms with E-state index in [2.05, 4.69) is 10.3 Å². The molecule has 154 valence electrons. The Kier molecular flexibility index (Phi) is 5.39. The first kappa shape index (κ1) is 19.8. The van der Waals surface area contributed by atoms with Gasteiger partial charge in [0.05, 0.1) is 15.8 Å². The summed E-state index contributed by atoms with van der Waals surface area (Å²) in [6.07, 6.45) is 0. The van der Waals surface area contributed by atoms with Crippen LogP contribution < -0.4 is 15.7 Å². The van der Waals surface area contributed by atoms with Crippen molar-refractivity contribution < 1.29 is 18.9 Å². The van der Waals surface area contributed by atoms with E-state index in [1.807, 2.05) is 0 Å². The van der Waals surface area contributed by atoms with Gasteiger partial charge in [-0.25, -0.2) is 9.78 Å². The number of para-hydroxylation sites is 1. The highest BCUT2D eigenvalue weighted by atomic mass is 16.6. The van der Waals surface area contributed by atoms with Crippen molar-refractivity contribution in [1.29, 1.82) is 0 Å². The van der Waals surface area contributed by atoms with E-state index in [0.717, 1.165) is 0 Å². The van der Waals surface area contributed by atoms with Crippen molar-refractivity contribution in [2.24, 2.45) is 0 Å². The molecule has 0 spiro atoms. The summed E-state index contributed by atoms with van der Waals surface area (Å²) in [6, 6.07) is 19.0. The maximum absolute atomic E-state index is 12.1. The van der Waals surface area contributed by atoms with Crippen LogP contribution in [0.15, 0.2) is 82.0 Å². The predicted molar refractivity (Wildman–Crippen MR) is 113 cm³/mol. The molecule has 4 aromatic rings.